The van der Waals surface area contributed by atoms with E-state index in [-0.39, 0.29) is 13.1 Å². The maximum atomic E-state index is 13.4. The zero-order valence-corrected chi connectivity index (χ0v) is 18.6. The zero-order chi connectivity index (χ0) is 22.2. The van der Waals surface area contributed by atoms with E-state index in [4.69, 9.17) is 9.40 Å². The Morgan fingerprint density at radius 1 is 1.06 bits per heavy atom. The molecular formula is C23H17N3O4S2. The summed E-state index contributed by atoms with van der Waals surface area (Å²) in [6.07, 6.45) is 3.51. The lowest BCUT2D eigenvalue weighted by Gasteiger charge is -2.21. The minimum Gasteiger partial charge on any atom is -0.467 e. The zero-order valence-electron chi connectivity index (χ0n) is 17.0. The van der Waals surface area contributed by atoms with Crippen molar-refractivity contribution in [2.24, 2.45) is 0 Å². The summed E-state index contributed by atoms with van der Waals surface area (Å²) < 4.78 is 6.40. The van der Waals surface area contributed by atoms with E-state index in [1.165, 1.54) is 22.5 Å². The molecule has 0 bridgehead atoms. The van der Waals surface area contributed by atoms with Crippen molar-refractivity contribution in [3.8, 4) is 0 Å². The Morgan fingerprint density at radius 3 is 2.47 bits per heavy atom. The number of amides is 3. The molecule has 0 aliphatic carbocycles. The van der Waals surface area contributed by atoms with Gasteiger partial charge >= 0.3 is 0 Å². The van der Waals surface area contributed by atoms with Gasteiger partial charge in [-0.3, -0.25) is 24.2 Å². The van der Waals surface area contributed by atoms with Crippen molar-refractivity contribution in [2.45, 2.75) is 11.4 Å². The molecule has 0 spiro atoms. The van der Waals surface area contributed by atoms with Crippen LogP contribution in [0.3, 0.4) is 0 Å². The molecule has 7 nitrogen and oxygen atoms in total. The van der Waals surface area contributed by atoms with Crippen molar-refractivity contribution in [1.82, 2.24) is 9.88 Å². The Hall–Kier alpha value is -3.43. The molecule has 0 unspecified atom stereocenters. The first-order valence-corrected chi connectivity index (χ1v) is 11.8. The number of furan rings is 1. The van der Waals surface area contributed by atoms with Crippen LogP contribution < -0.4 is 4.90 Å². The van der Waals surface area contributed by atoms with Gasteiger partial charge in [-0.2, -0.15) is 0 Å². The molecule has 32 heavy (non-hydrogen) atoms. The number of hydrogen-bond donors (Lipinski definition) is 0. The van der Waals surface area contributed by atoms with Crippen LogP contribution >= 0.6 is 23.1 Å². The summed E-state index contributed by atoms with van der Waals surface area (Å²) in [5.74, 6) is -0.776. The number of para-hydroxylation sites is 1. The summed E-state index contributed by atoms with van der Waals surface area (Å²) in [6, 6.07) is 16.0. The van der Waals surface area contributed by atoms with E-state index in [0.29, 0.717) is 22.0 Å². The number of nitrogens with zero attached hydrogens (tertiary/aromatic N) is 3. The average Bonchev–Trinajstić information content (AvgIpc) is 3.53. The van der Waals surface area contributed by atoms with Crippen LogP contribution in [0.25, 0.3) is 10.2 Å². The SMILES string of the molecule is CSc1cccc2sc(N(Cc3ccco3)C(=O)CN3C(=O)c4ccccc4C3=O)nc12. The number of thiazole rings is 1. The molecule has 1 aliphatic rings. The topological polar surface area (TPSA) is 83.7 Å². The quantitative estimate of drug-likeness (QED) is 0.311. The normalized spacial score (nSPS) is 13.1. The van der Waals surface area contributed by atoms with E-state index in [1.54, 1.807) is 48.2 Å². The number of imide groups is 1. The van der Waals surface area contributed by atoms with E-state index >= 15 is 0 Å². The molecular weight excluding hydrogens is 446 g/mol. The molecule has 0 fully saturated rings. The maximum absolute atomic E-state index is 13.4. The predicted molar refractivity (Wildman–Crippen MR) is 123 cm³/mol. The van der Waals surface area contributed by atoms with Crippen molar-refractivity contribution >= 4 is 56.2 Å². The molecule has 4 aromatic rings. The van der Waals surface area contributed by atoms with Gasteiger partial charge in [0.2, 0.25) is 5.91 Å². The van der Waals surface area contributed by atoms with Crippen molar-refractivity contribution < 1.29 is 18.8 Å². The molecule has 0 radical (unpaired) electrons. The second-order valence-electron chi connectivity index (χ2n) is 7.10. The molecule has 0 saturated heterocycles. The standard InChI is InChI=1S/C23H17N3O4S2/c1-31-17-9-4-10-18-20(17)24-23(32-18)25(12-14-6-5-11-30-14)19(27)13-26-21(28)15-7-2-3-8-16(15)22(26)29/h2-11H,12-13H2,1H3. The Morgan fingerprint density at radius 2 is 1.81 bits per heavy atom. The van der Waals surface area contributed by atoms with Gasteiger partial charge in [0.15, 0.2) is 5.13 Å². The summed E-state index contributed by atoms with van der Waals surface area (Å²) in [4.78, 5) is 47.1. The monoisotopic (exact) mass is 463 g/mol. The smallest absolute Gasteiger partial charge is 0.262 e. The third-order valence-corrected chi connectivity index (χ3v) is 7.00. The molecule has 3 heterocycles. The number of carbonyl (C=O) groups excluding carboxylic acids is 3. The number of thioether (sulfide) groups is 1. The fraction of sp³-hybridized carbons (Fsp3) is 0.130. The van der Waals surface area contributed by atoms with Gasteiger partial charge < -0.3 is 4.42 Å². The summed E-state index contributed by atoms with van der Waals surface area (Å²) in [5, 5.41) is 0.486. The number of benzene rings is 2. The summed E-state index contributed by atoms with van der Waals surface area (Å²) >= 11 is 2.96. The molecule has 3 amide bonds. The van der Waals surface area contributed by atoms with Crippen LogP contribution in [-0.4, -0.2) is 40.4 Å². The molecule has 1 aliphatic heterocycles. The number of rotatable bonds is 6. The molecule has 160 valence electrons. The Balaban J connectivity index is 1.48. The van der Waals surface area contributed by atoms with Crippen LogP contribution in [-0.2, 0) is 11.3 Å². The molecule has 9 heteroatoms. The van der Waals surface area contributed by atoms with Crippen molar-refractivity contribution in [2.75, 3.05) is 17.7 Å². The number of aromatic nitrogens is 1. The fourth-order valence-corrected chi connectivity index (χ4v) is 5.25. The highest BCUT2D eigenvalue weighted by Gasteiger charge is 2.37. The highest BCUT2D eigenvalue weighted by atomic mass is 32.2. The van der Waals surface area contributed by atoms with Gasteiger partial charge in [-0.25, -0.2) is 4.98 Å². The molecule has 5 rings (SSSR count). The third-order valence-electron chi connectivity index (χ3n) is 5.19. The highest BCUT2D eigenvalue weighted by Crippen LogP contribution is 2.35. The largest absolute Gasteiger partial charge is 0.467 e. The lowest BCUT2D eigenvalue weighted by Crippen LogP contribution is -2.42. The molecule has 2 aromatic carbocycles. The fourth-order valence-electron chi connectivity index (χ4n) is 3.62. The molecule has 0 N–H and O–H groups in total. The van der Waals surface area contributed by atoms with E-state index in [9.17, 15) is 14.4 Å². The van der Waals surface area contributed by atoms with Crippen LogP contribution in [0, 0.1) is 0 Å². The first kappa shape index (κ1) is 20.5. The van der Waals surface area contributed by atoms with Crippen LogP contribution in [0.5, 0.6) is 0 Å². The lowest BCUT2D eigenvalue weighted by atomic mass is 10.1. The average molecular weight is 464 g/mol. The summed E-state index contributed by atoms with van der Waals surface area (Å²) in [7, 11) is 0. The maximum Gasteiger partial charge on any atom is 0.262 e. The third kappa shape index (κ3) is 3.49. The number of anilines is 1. The van der Waals surface area contributed by atoms with Gasteiger partial charge in [0.1, 0.15) is 12.3 Å². The van der Waals surface area contributed by atoms with Gasteiger partial charge in [-0.1, -0.05) is 29.5 Å². The summed E-state index contributed by atoms with van der Waals surface area (Å²) in [5.41, 5.74) is 1.44. The van der Waals surface area contributed by atoms with Crippen LogP contribution in [0.2, 0.25) is 0 Å². The molecule has 0 saturated carbocycles. The van der Waals surface area contributed by atoms with Crippen LogP contribution in [0.4, 0.5) is 5.13 Å². The minimum absolute atomic E-state index is 0.142. The van der Waals surface area contributed by atoms with E-state index in [2.05, 4.69) is 0 Å². The number of carbonyl (C=O) groups is 3. The first-order chi connectivity index (χ1) is 15.6. The van der Waals surface area contributed by atoms with Gasteiger partial charge in [-0.05, 0) is 42.7 Å². The van der Waals surface area contributed by atoms with Crippen LogP contribution in [0.1, 0.15) is 26.5 Å². The second-order valence-corrected chi connectivity index (χ2v) is 8.96. The van der Waals surface area contributed by atoms with Gasteiger partial charge in [0, 0.05) is 4.90 Å². The van der Waals surface area contributed by atoms with Gasteiger partial charge in [0.05, 0.1) is 34.2 Å². The van der Waals surface area contributed by atoms with Crippen LogP contribution in [0.15, 0.2) is 70.2 Å². The van der Waals surface area contributed by atoms with Crippen molar-refractivity contribution in [3.05, 3.63) is 77.7 Å². The van der Waals surface area contributed by atoms with E-state index < -0.39 is 17.7 Å². The predicted octanol–water partition coefficient (Wildman–Crippen LogP) is 4.44. The lowest BCUT2D eigenvalue weighted by molar-refractivity contribution is -0.119. The molecule has 2 aromatic heterocycles. The Bertz CT molecular complexity index is 1310. The molecule has 0 atom stereocenters. The van der Waals surface area contributed by atoms with Crippen molar-refractivity contribution in [1.29, 1.82) is 0 Å². The van der Waals surface area contributed by atoms with E-state index in [1.807, 2.05) is 24.5 Å². The van der Waals surface area contributed by atoms with Crippen molar-refractivity contribution in [3.63, 3.8) is 0 Å². The Labute approximate surface area is 191 Å². The van der Waals surface area contributed by atoms with Gasteiger partial charge in [-0.15, -0.1) is 11.8 Å². The summed E-state index contributed by atoms with van der Waals surface area (Å²) in [6.45, 7) is -0.234. The Kier molecular flexibility index (Phi) is 5.28. The van der Waals surface area contributed by atoms with E-state index in [0.717, 1.165) is 20.0 Å². The first-order valence-electron chi connectivity index (χ1n) is 9.78. The minimum atomic E-state index is -0.467. The number of fused-ring (bicyclic) bond motifs is 2. The number of hydrogen-bond acceptors (Lipinski definition) is 7. The highest BCUT2D eigenvalue weighted by molar-refractivity contribution is 7.98. The van der Waals surface area contributed by atoms with Gasteiger partial charge in [0.25, 0.3) is 11.8 Å². The second kappa shape index (κ2) is 8.25.